The predicted molar refractivity (Wildman–Crippen MR) is 126 cm³/mol. The highest BCUT2D eigenvalue weighted by Gasteiger charge is 2.35. The topological polar surface area (TPSA) is 59.8 Å². The maximum absolute atomic E-state index is 12.7. The van der Waals surface area contributed by atoms with Crippen LogP contribution in [0.3, 0.4) is 0 Å². The van der Waals surface area contributed by atoms with Gasteiger partial charge in [0.1, 0.15) is 23.9 Å². The van der Waals surface area contributed by atoms with Crippen LogP contribution in [0.4, 0.5) is 4.79 Å². The van der Waals surface area contributed by atoms with Crippen LogP contribution in [0.25, 0.3) is 17.4 Å². The fourth-order valence-electron chi connectivity index (χ4n) is 3.13. The van der Waals surface area contributed by atoms with Crippen LogP contribution in [0, 0.1) is 13.8 Å². The number of halogens is 1. The second-order valence-electron chi connectivity index (χ2n) is 7.16. The van der Waals surface area contributed by atoms with E-state index < -0.39 is 0 Å². The van der Waals surface area contributed by atoms with Crippen molar-refractivity contribution in [3.63, 3.8) is 0 Å². The van der Waals surface area contributed by atoms with Gasteiger partial charge in [0.15, 0.2) is 0 Å². The van der Waals surface area contributed by atoms with Crippen molar-refractivity contribution in [2.75, 3.05) is 13.2 Å². The second kappa shape index (κ2) is 9.16. The molecule has 1 aromatic heterocycles. The number of rotatable bonds is 6. The molecule has 158 valence electrons. The second-order valence-corrected chi connectivity index (χ2v) is 9.07. The molecule has 2 aromatic carbocycles. The van der Waals surface area contributed by atoms with Crippen LogP contribution in [-0.2, 0) is 4.79 Å². The summed E-state index contributed by atoms with van der Waals surface area (Å²) in [4.78, 5) is 26.6. The molecule has 7 heteroatoms. The number of carbonyl (C=O) groups is 2. The number of amides is 2. The Morgan fingerprint density at radius 1 is 1.06 bits per heavy atom. The molecule has 0 N–H and O–H groups in total. The van der Waals surface area contributed by atoms with Crippen LogP contribution < -0.4 is 4.74 Å². The fourth-order valence-corrected chi connectivity index (χ4v) is 4.24. The number of hydrogen-bond donors (Lipinski definition) is 0. The van der Waals surface area contributed by atoms with Crippen LogP contribution in [0.15, 0.2) is 68.4 Å². The number of carbonyl (C=O) groups excluding carboxylic acids is 2. The zero-order chi connectivity index (χ0) is 22.0. The van der Waals surface area contributed by atoms with E-state index in [9.17, 15) is 9.59 Å². The number of nitrogens with zero attached hydrogens (tertiary/aromatic N) is 1. The van der Waals surface area contributed by atoms with E-state index in [0.29, 0.717) is 16.4 Å². The quantitative estimate of drug-likeness (QED) is 0.366. The van der Waals surface area contributed by atoms with E-state index in [-0.39, 0.29) is 24.3 Å². The average molecular weight is 498 g/mol. The molecule has 31 heavy (non-hydrogen) atoms. The summed E-state index contributed by atoms with van der Waals surface area (Å²) in [6.45, 7) is 4.38. The summed E-state index contributed by atoms with van der Waals surface area (Å²) in [6.07, 6.45) is 1.61. The Morgan fingerprint density at radius 2 is 1.84 bits per heavy atom. The fraction of sp³-hybridized carbons (Fsp3) is 0.167. The molecule has 1 saturated heterocycles. The summed E-state index contributed by atoms with van der Waals surface area (Å²) in [7, 11) is 0. The van der Waals surface area contributed by atoms with Gasteiger partial charge in [0, 0.05) is 16.1 Å². The average Bonchev–Trinajstić information content (AvgIpc) is 3.31. The third-order valence-corrected chi connectivity index (χ3v) is 6.25. The first-order chi connectivity index (χ1) is 14.9. The van der Waals surface area contributed by atoms with E-state index in [0.717, 1.165) is 38.7 Å². The van der Waals surface area contributed by atoms with Crippen molar-refractivity contribution >= 4 is 44.9 Å². The smallest absolute Gasteiger partial charge is 0.293 e. The lowest BCUT2D eigenvalue weighted by Gasteiger charge is -2.14. The minimum Gasteiger partial charge on any atom is -0.491 e. The van der Waals surface area contributed by atoms with Crippen LogP contribution in [-0.4, -0.2) is 29.2 Å². The van der Waals surface area contributed by atoms with E-state index in [1.165, 1.54) is 4.90 Å². The third-order valence-electron chi connectivity index (χ3n) is 4.82. The van der Waals surface area contributed by atoms with Crippen LogP contribution in [0.2, 0.25) is 0 Å². The van der Waals surface area contributed by atoms with Gasteiger partial charge in [-0.25, -0.2) is 0 Å². The van der Waals surface area contributed by atoms with E-state index in [2.05, 4.69) is 15.9 Å². The first-order valence-electron chi connectivity index (χ1n) is 9.72. The van der Waals surface area contributed by atoms with E-state index in [1.807, 2.05) is 62.4 Å². The minimum absolute atomic E-state index is 0.192. The minimum atomic E-state index is -0.332. The number of hydrogen-bond acceptors (Lipinski definition) is 5. The van der Waals surface area contributed by atoms with Gasteiger partial charge in [-0.2, -0.15) is 0 Å². The summed E-state index contributed by atoms with van der Waals surface area (Å²) in [6, 6.07) is 17.3. The number of aryl methyl sites for hydroxylation is 2. The standard InChI is InChI=1S/C24H20BrNO4S/c1-15-3-4-16(2)21(13-15)29-12-11-26-23(27)22(31-24(26)28)14-19-9-10-20(30-19)17-5-7-18(25)8-6-17/h3-10,13-14H,11-12H2,1-2H3/b22-14-. The van der Waals surface area contributed by atoms with Gasteiger partial charge in [-0.3, -0.25) is 14.5 Å². The van der Waals surface area contributed by atoms with Gasteiger partial charge in [0.25, 0.3) is 11.1 Å². The molecular weight excluding hydrogens is 478 g/mol. The predicted octanol–water partition coefficient (Wildman–Crippen LogP) is 6.44. The Balaban J connectivity index is 1.41. The van der Waals surface area contributed by atoms with Crippen molar-refractivity contribution in [2.24, 2.45) is 0 Å². The summed E-state index contributed by atoms with van der Waals surface area (Å²) in [5, 5.41) is -0.305. The molecule has 5 nitrogen and oxygen atoms in total. The number of thioether (sulfide) groups is 1. The zero-order valence-corrected chi connectivity index (χ0v) is 19.5. The molecule has 0 radical (unpaired) electrons. The molecule has 1 aliphatic heterocycles. The maximum Gasteiger partial charge on any atom is 0.293 e. The van der Waals surface area contributed by atoms with Gasteiger partial charge in [-0.1, -0.05) is 40.2 Å². The van der Waals surface area contributed by atoms with Gasteiger partial charge < -0.3 is 9.15 Å². The van der Waals surface area contributed by atoms with Gasteiger partial charge >= 0.3 is 0 Å². The molecule has 2 amide bonds. The summed E-state index contributed by atoms with van der Waals surface area (Å²) >= 11 is 4.32. The van der Waals surface area contributed by atoms with Crippen LogP contribution in [0.1, 0.15) is 16.9 Å². The van der Waals surface area contributed by atoms with E-state index in [1.54, 1.807) is 12.1 Å². The zero-order valence-electron chi connectivity index (χ0n) is 17.1. The molecule has 4 rings (SSSR count). The number of ether oxygens (including phenoxy) is 1. The molecular formula is C24H20BrNO4S. The number of imide groups is 1. The lowest BCUT2D eigenvalue weighted by molar-refractivity contribution is -0.123. The molecule has 3 aromatic rings. The summed E-state index contributed by atoms with van der Waals surface area (Å²) in [5.41, 5.74) is 3.04. The van der Waals surface area contributed by atoms with Gasteiger partial charge in [-0.15, -0.1) is 0 Å². The first-order valence-corrected chi connectivity index (χ1v) is 11.3. The molecule has 1 fully saturated rings. The molecule has 0 unspecified atom stereocenters. The molecule has 2 heterocycles. The van der Waals surface area contributed by atoms with Crippen molar-refractivity contribution in [2.45, 2.75) is 13.8 Å². The monoisotopic (exact) mass is 497 g/mol. The van der Waals surface area contributed by atoms with E-state index >= 15 is 0 Å². The highest BCUT2D eigenvalue weighted by molar-refractivity contribution is 9.10. The van der Waals surface area contributed by atoms with Gasteiger partial charge in [0.2, 0.25) is 0 Å². The Bertz CT molecular complexity index is 1170. The highest BCUT2D eigenvalue weighted by Crippen LogP contribution is 2.33. The Morgan fingerprint density at radius 3 is 2.61 bits per heavy atom. The van der Waals surface area contributed by atoms with Crippen molar-refractivity contribution in [3.8, 4) is 17.1 Å². The highest BCUT2D eigenvalue weighted by atomic mass is 79.9. The molecule has 1 aliphatic rings. The molecule has 0 spiro atoms. The third kappa shape index (κ3) is 4.94. The number of furan rings is 1. The molecule has 0 bridgehead atoms. The van der Waals surface area contributed by atoms with Crippen molar-refractivity contribution < 1.29 is 18.7 Å². The van der Waals surface area contributed by atoms with Gasteiger partial charge in [-0.05, 0) is 67.1 Å². The van der Waals surface area contributed by atoms with Crippen LogP contribution in [0.5, 0.6) is 5.75 Å². The number of benzene rings is 2. The Labute approximate surface area is 193 Å². The van der Waals surface area contributed by atoms with Crippen molar-refractivity contribution in [3.05, 3.63) is 80.9 Å². The van der Waals surface area contributed by atoms with Gasteiger partial charge in [0.05, 0.1) is 11.4 Å². The Kier molecular flexibility index (Phi) is 6.34. The molecule has 0 aliphatic carbocycles. The largest absolute Gasteiger partial charge is 0.491 e. The van der Waals surface area contributed by atoms with Crippen molar-refractivity contribution in [1.82, 2.24) is 4.90 Å². The van der Waals surface area contributed by atoms with Crippen molar-refractivity contribution in [1.29, 1.82) is 0 Å². The molecule has 0 atom stereocenters. The lowest BCUT2D eigenvalue weighted by Crippen LogP contribution is -2.32. The first kappa shape index (κ1) is 21.5. The summed E-state index contributed by atoms with van der Waals surface area (Å²) in [5.74, 6) is 1.65. The lowest BCUT2D eigenvalue weighted by atomic mass is 10.1. The van der Waals surface area contributed by atoms with Crippen LogP contribution >= 0.6 is 27.7 Å². The maximum atomic E-state index is 12.7. The SMILES string of the molecule is Cc1ccc(C)c(OCCN2C(=O)S/C(=C\c3ccc(-c4ccc(Br)cc4)o3)C2=O)c1. The summed E-state index contributed by atoms with van der Waals surface area (Å²) < 4.78 is 12.6. The normalized spacial score (nSPS) is 15.2. The molecule has 0 saturated carbocycles. The Hall–Kier alpha value is -2.77. The van der Waals surface area contributed by atoms with E-state index in [4.69, 9.17) is 9.15 Å².